The van der Waals surface area contributed by atoms with Gasteiger partial charge in [-0.3, -0.25) is 0 Å². The van der Waals surface area contributed by atoms with E-state index in [1.165, 1.54) is 6.42 Å². The lowest BCUT2D eigenvalue weighted by Gasteiger charge is -2.24. The van der Waals surface area contributed by atoms with E-state index in [2.05, 4.69) is 15.3 Å². The van der Waals surface area contributed by atoms with Crippen molar-refractivity contribution in [2.45, 2.75) is 43.2 Å². The fraction of sp³-hybridized carbons (Fsp3) is 0.500. The Balaban J connectivity index is 2.06. The second kappa shape index (κ2) is 6.31. The molecule has 1 aliphatic carbocycles. The molecule has 0 aliphatic heterocycles. The van der Waals surface area contributed by atoms with Crippen LogP contribution in [0.4, 0.5) is 5.82 Å². The number of aromatic nitrogens is 2. The summed E-state index contributed by atoms with van der Waals surface area (Å²) in [7, 11) is -1.91. The third kappa shape index (κ3) is 3.55. The molecule has 0 unspecified atom stereocenters. The quantitative estimate of drug-likeness (QED) is 0.925. The van der Waals surface area contributed by atoms with Gasteiger partial charge in [-0.1, -0.05) is 19.3 Å². The highest BCUT2D eigenvalue weighted by atomic mass is 32.2. The predicted molar refractivity (Wildman–Crippen MR) is 89.7 cm³/mol. The summed E-state index contributed by atoms with van der Waals surface area (Å²) in [5.41, 5.74) is 1.16. The molecule has 1 fully saturated rings. The average molecular weight is 335 g/mol. The first-order chi connectivity index (χ1) is 11.0. The smallest absolute Gasteiger partial charge is 0.198 e. The Bertz CT molecular complexity index is 815. The number of fused-ring (bicyclic) bond motifs is 1. The van der Waals surface area contributed by atoms with Gasteiger partial charge in [0.15, 0.2) is 20.7 Å². The zero-order valence-corrected chi connectivity index (χ0v) is 14.2. The van der Waals surface area contributed by atoms with Crippen molar-refractivity contribution in [3.8, 4) is 5.75 Å². The molecule has 1 aliphatic rings. The summed E-state index contributed by atoms with van der Waals surface area (Å²) in [5, 5.41) is 3.30. The van der Waals surface area contributed by atoms with Crippen molar-refractivity contribution in [3.63, 3.8) is 0 Å². The van der Waals surface area contributed by atoms with E-state index in [-0.39, 0.29) is 11.1 Å². The molecule has 1 heterocycles. The van der Waals surface area contributed by atoms with Crippen LogP contribution in [0.5, 0.6) is 5.75 Å². The highest BCUT2D eigenvalue weighted by Gasteiger charge is 2.22. The molecule has 1 N–H and O–H groups in total. The first-order valence-electron chi connectivity index (χ1n) is 7.80. The second-order valence-corrected chi connectivity index (χ2v) is 7.91. The zero-order valence-electron chi connectivity index (χ0n) is 13.4. The molecule has 1 aromatic carbocycles. The first kappa shape index (κ1) is 16.0. The van der Waals surface area contributed by atoms with Crippen LogP contribution in [-0.2, 0) is 9.84 Å². The summed E-state index contributed by atoms with van der Waals surface area (Å²) >= 11 is 0. The Hall–Kier alpha value is -1.89. The van der Waals surface area contributed by atoms with E-state index in [0.29, 0.717) is 22.6 Å². The molecule has 0 atom stereocenters. The highest BCUT2D eigenvalue weighted by molar-refractivity contribution is 7.90. The number of sulfone groups is 1. The summed E-state index contributed by atoms with van der Waals surface area (Å²) in [6.07, 6.45) is 6.78. The molecule has 7 heteroatoms. The van der Waals surface area contributed by atoms with E-state index < -0.39 is 9.84 Å². The summed E-state index contributed by atoms with van der Waals surface area (Å²) in [6.45, 7) is 0. The lowest BCUT2D eigenvalue weighted by molar-refractivity contribution is 0.415. The van der Waals surface area contributed by atoms with Crippen LogP contribution in [-0.4, -0.2) is 37.8 Å². The Labute approximate surface area is 136 Å². The molecule has 1 aromatic heterocycles. The largest absolute Gasteiger partial charge is 0.497 e. The van der Waals surface area contributed by atoms with Gasteiger partial charge in [-0.05, 0) is 25.0 Å². The topological polar surface area (TPSA) is 81.2 Å². The second-order valence-electron chi connectivity index (χ2n) is 5.98. The van der Waals surface area contributed by atoms with Gasteiger partial charge in [-0.2, -0.15) is 0 Å². The van der Waals surface area contributed by atoms with Crippen molar-refractivity contribution in [2.75, 3.05) is 18.7 Å². The minimum absolute atomic E-state index is 0.00354. The third-order valence-corrected chi connectivity index (χ3v) is 5.12. The molecule has 3 rings (SSSR count). The van der Waals surface area contributed by atoms with Crippen LogP contribution >= 0.6 is 0 Å². The Morgan fingerprint density at radius 2 is 1.87 bits per heavy atom. The molecule has 1 saturated carbocycles. The van der Waals surface area contributed by atoms with Crippen LogP contribution in [0.25, 0.3) is 11.0 Å². The fourth-order valence-corrected chi connectivity index (χ4v) is 3.66. The van der Waals surface area contributed by atoms with Crippen LogP contribution in [0.1, 0.15) is 32.1 Å². The SMILES string of the molecule is COc1ccc2nc(NC3CCCCC3)c(S(C)(=O)=O)nc2c1. The Morgan fingerprint density at radius 1 is 1.13 bits per heavy atom. The number of rotatable bonds is 4. The van der Waals surface area contributed by atoms with E-state index in [1.807, 2.05) is 0 Å². The van der Waals surface area contributed by atoms with Gasteiger partial charge in [0, 0.05) is 18.4 Å². The number of nitrogens with one attached hydrogen (secondary N) is 1. The number of hydrogen-bond acceptors (Lipinski definition) is 6. The van der Waals surface area contributed by atoms with Gasteiger partial charge in [-0.25, -0.2) is 18.4 Å². The Morgan fingerprint density at radius 3 is 2.52 bits per heavy atom. The number of methoxy groups -OCH3 is 1. The maximum Gasteiger partial charge on any atom is 0.198 e. The predicted octanol–water partition coefficient (Wildman–Crippen LogP) is 2.79. The molecule has 0 saturated heterocycles. The monoisotopic (exact) mass is 335 g/mol. The van der Waals surface area contributed by atoms with Crippen molar-refractivity contribution in [3.05, 3.63) is 18.2 Å². The number of nitrogens with zero attached hydrogens (tertiary/aromatic N) is 2. The molecule has 124 valence electrons. The van der Waals surface area contributed by atoms with Crippen molar-refractivity contribution in [1.82, 2.24) is 9.97 Å². The van der Waals surface area contributed by atoms with Crippen LogP contribution in [0.15, 0.2) is 23.2 Å². The van der Waals surface area contributed by atoms with E-state index >= 15 is 0 Å². The van der Waals surface area contributed by atoms with Crippen molar-refractivity contribution >= 4 is 26.7 Å². The molecule has 0 bridgehead atoms. The van der Waals surface area contributed by atoms with E-state index in [9.17, 15) is 8.42 Å². The van der Waals surface area contributed by atoms with Crippen LogP contribution < -0.4 is 10.1 Å². The molecule has 0 spiro atoms. The standard InChI is InChI=1S/C16H21N3O3S/c1-22-12-8-9-13-14(10-12)19-16(23(2,20)21)15(18-13)17-11-6-4-3-5-7-11/h8-11H,3-7H2,1-2H3,(H,17,18). The fourth-order valence-electron chi connectivity index (χ4n) is 2.94. The van der Waals surface area contributed by atoms with Gasteiger partial charge in [0.05, 0.1) is 18.1 Å². The van der Waals surface area contributed by atoms with Crippen molar-refractivity contribution < 1.29 is 13.2 Å². The number of ether oxygens (including phenoxy) is 1. The van der Waals surface area contributed by atoms with Crippen molar-refractivity contribution in [2.24, 2.45) is 0 Å². The Kier molecular flexibility index (Phi) is 4.39. The maximum atomic E-state index is 12.1. The lowest BCUT2D eigenvalue weighted by Crippen LogP contribution is -2.24. The molecule has 0 radical (unpaired) electrons. The van der Waals surface area contributed by atoms with Gasteiger partial charge >= 0.3 is 0 Å². The number of benzene rings is 1. The van der Waals surface area contributed by atoms with E-state index in [4.69, 9.17) is 4.74 Å². The summed E-state index contributed by atoms with van der Waals surface area (Å²) in [4.78, 5) is 8.83. The van der Waals surface area contributed by atoms with Crippen LogP contribution in [0.2, 0.25) is 0 Å². The minimum atomic E-state index is -3.47. The van der Waals surface area contributed by atoms with Crippen molar-refractivity contribution in [1.29, 1.82) is 0 Å². The minimum Gasteiger partial charge on any atom is -0.497 e. The van der Waals surface area contributed by atoms with Crippen LogP contribution in [0.3, 0.4) is 0 Å². The van der Waals surface area contributed by atoms with Gasteiger partial charge < -0.3 is 10.1 Å². The number of hydrogen-bond donors (Lipinski definition) is 1. The summed E-state index contributed by atoms with van der Waals surface area (Å²) in [5.74, 6) is 0.983. The average Bonchev–Trinajstić information content (AvgIpc) is 2.54. The van der Waals surface area contributed by atoms with Gasteiger partial charge in [0.2, 0.25) is 0 Å². The molecule has 6 nitrogen and oxygen atoms in total. The normalized spacial score (nSPS) is 16.4. The molecular formula is C16H21N3O3S. The molecule has 2 aromatic rings. The van der Waals surface area contributed by atoms with Gasteiger partial charge in [0.1, 0.15) is 5.75 Å². The molecular weight excluding hydrogens is 314 g/mol. The molecule has 0 amide bonds. The van der Waals surface area contributed by atoms with E-state index in [0.717, 1.165) is 31.9 Å². The maximum absolute atomic E-state index is 12.1. The zero-order chi connectivity index (χ0) is 16.4. The summed E-state index contributed by atoms with van der Waals surface area (Å²) < 4.78 is 29.4. The lowest BCUT2D eigenvalue weighted by atomic mass is 9.95. The summed E-state index contributed by atoms with van der Waals surface area (Å²) in [6, 6.07) is 5.54. The van der Waals surface area contributed by atoms with Gasteiger partial charge in [-0.15, -0.1) is 0 Å². The molecule has 23 heavy (non-hydrogen) atoms. The van der Waals surface area contributed by atoms with E-state index in [1.54, 1.807) is 25.3 Å². The third-order valence-electron chi connectivity index (χ3n) is 4.14. The first-order valence-corrected chi connectivity index (χ1v) is 9.69. The highest BCUT2D eigenvalue weighted by Crippen LogP contribution is 2.27. The van der Waals surface area contributed by atoms with Crippen LogP contribution in [0, 0.1) is 0 Å². The number of anilines is 1. The van der Waals surface area contributed by atoms with Gasteiger partial charge in [0.25, 0.3) is 0 Å².